The van der Waals surface area contributed by atoms with Crippen LogP contribution in [0.15, 0.2) is 59.6 Å². The van der Waals surface area contributed by atoms with E-state index in [4.69, 9.17) is 9.47 Å². The van der Waals surface area contributed by atoms with Crippen molar-refractivity contribution in [2.75, 3.05) is 18.1 Å². The van der Waals surface area contributed by atoms with E-state index in [1.807, 2.05) is 0 Å². The van der Waals surface area contributed by atoms with Crippen LogP contribution in [0, 0.1) is 5.82 Å². The van der Waals surface area contributed by atoms with Gasteiger partial charge in [-0.25, -0.2) is 9.37 Å². The monoisotopic (exact) mass is 438 g/mol. The number of nitrogens with zero attached hydrogens (tertiary/aromatic N) is 2. The molecule has 9 heteroatoms. The molecule has 0 bridgehead atoms. The number of aliphatic hydroxyl groups is 1. The summed E-state index contributed by atoms with van der Waals surface area (Å²) in [5.74, 6) is -1.92. The molecule has 3 aromatic rings. The molecule has 0 saturated carbocycles. The molecule has 0 radical (unpaired) electrons. The predicted octanol–water partition coefficient (Wildman–Crippen LogP) is 3.68. The third-order valence-corrected chi connectivity index (χ3v) is 5.86. The number of thiazole rings is 1. The van der Waals surface area contributed by atoms with Crippen molar-refractivity contribution >= 4 is 33.9 Å². The SMILES string of the molecule is O=C1C(=O)N(c2nccs2)[C@@H](c2ccccc2F)/C1=C(\O)c1ccc2c(c1)OCCO2. The molecule has 3 heterocycles. The maximum atomic E-state index is 14.8. The van der Waals surface area contributed by atoms with Crippen LogP contribution >= 0.6 is 11.3 Å². The third kappa shape index (κ3) is 3.14. The summed E-state index contributed by atoms with van der Waals surface area (Å²) in [5.41, 5.74) is 0.112. The molecule has 2 aliphatic heterocycles. The first-order valence-electron chi connectivity index (χ1n) is 9.41. The maximum Gasteiger partial charge on any atom is 0.301 e. The number of hydrogen-bond acceptors (Lipinski definition) is 7. The molecule has 1 atom stereocenters. The quantitative estimate of drug-likeness (QED) is 0.381. The van der Waals surface area contributed by atoms with E-state index < -0.39 is 29.3 Å². The smallest absolute Gasteiger partial charge is 0.301 e. The molecule has 5 rings (SSSR count). The summed E-state index contributed by atoms with van der Waals surface area (Å²) >= 11 is 1.14. The molecule has 1 aromatic heterocycles. The normalized spacial score (nSPS) is 19.6. The Morgan fingerprint density at radius 1 is 1.13 bits per heavy atom. The third-order valence-electron chi connectivity index (χ3n) is 5.09. The van der Waals surface area contributed by atoms with Crippen molar-refractivity contribution in [3.05, 3.63) is 76.6 Å². The average Bonchev–Trinajstić information content (AvgIpc) is 3.40. The highest BCUT2D eigenvalue weighted by atomic mass is 32.1. The van der Waals surface area contributed by atoms with Gasteiger partial charge >= 0.3 is 5.91 Å². The number of hydrogen-bond donors (Lipinski definition) is 1. The second kappa shape index (κ2) is 7.51. The summed E-state index contributed by atoms with van der Waals surface area (Å²) in [4.78, 5) is 31.1. The van der Waals surface area contributed by atoms with Crippen molar-refractivity contribution in [3.63, 3.8) is 0 Å². The van der Waals surface area contributed by atoms with E-state index in [2.05, 4.69) is 4.98 Å². The summed E-state index contributed by atoms with van der Waals surface area (Å²) in [6, 6.07) is 9.35. The first-order valence-corrected chi connectivity index (χ1v) is 10.3. The van der Waals surface area contributed by atoms with E-state index in [9.17, 15) is 19.1 Å². The van der Waals surface area contributed by atoms with Gasteiger partial charge in [-0.15, -0.1) is 11.3 Å². The van der Waals surface area contributed by atoms with Crippen LogP contribution in [0.1, 0.15) is 17.2 Å². The van der Waals surface area contributed by atoms with Crippen LogP contribution in [0.2, 0.25) is 0 Å². The topological polar surface area (TPSA) is 89.0 Å². The lowest BCUT2D eigenvalue weighted by Gasteiger charge is -2.23. The van der Waals surface area contributed by atoms with Crippen LogP contribution < -0.4 is 14.4 Å². The number of carbonyl (C=O) groups is 2. The van der Waals surface area contributed by atoms with Crippen LogP contribution in [0.25, 0.3) is 5.76 Å². The number of Topliss-reactive ketones (excluding diaryl/α,β-unsaturated/α-hetero) is 1. The Bertz CT molecular complexity index is 1220. The lowest BCUT2D eigenvalue weighted by Crippen LogP contribution is -2.29. The number of ether oxygens (including phenoxy) is 2. The van der Waals surface area contributed by atoms with Crippen LogP contribution in [0.3, 0.4) is 0 Å². The minimum atomic E-state index is -1.17. The number of amides is 1. The Hall–Kier alpha value is -3.72. The molecule has 2 aromatic carbocycles. The first-order chi connectivity index (χ1) is 15.1. The molecular formula is C22H15FN2O5S. The predicted molar refractivity (Wildman–Crippen MR) is 111 cm³/mol. The van der Waals surface area contributed by atoms with Crippen molar-refractivity contribution in [2.24, 2.45) is 0 Å². The molecule has 1 N–H and O–H groups in total. The fourth-order valence-electron chi connectivity index (χ4n) is 3.70. The van der Waals surface area contributed by atoms with E-state index >= 15 is 0 Å². The minimum absolute atomic E-state index is 0.0796. The highest BCUT2D eigenvalue weighted by Gasteiger charge is 2.48. The van der Waals surface area contributed by atoms with Crippen molar-refractivity contribution in [1.82, 2.24) is 4.98 Å². The zero-order valence-electron chi connectivity index (χ0n) is 15.9. The molecule has 1 fully saturated rings. The number of halogens is 1. The van der Waals surface area contributed by atoms with Gasteiger partial charge in [0.1, 0.15) is 30.8 Å². The zero-order valence-corrected chi connectivity index (χ0v) is 16.8. The van der Waals surface area contributed by atoms with Gasteiger partial charge in [-0.1, -0.05) is 18.2 Å². The molecule has 7 nitrogen and oxygen atoms in total. The van der Waals surface area contributed by atoms with Gasteiger partial charge in [-0.3, -0.25) is 14.5 Å². The molecule has 1 saturated heterocycles. The van der Waals surface area contributed by atoms with Gasteiger partial charge in [-0.2, -0.15) is 0 Å². The number of aromatic nitrogens is 1. The van der Waals surface area contributed by atoms with E-state index in [0.717, 1.165) is 16.2 Å². The van der Waals surface area contributed by atoms with Gasteiger partial charge in [0, 0.05) is 22.7 Å². The molecule has 0 unspecified atom stereocenters. The zero-order chi connectivity index (χ0) is 21.5. The Balaban J connectivity index is 1.71. The number of fused-ring (bicyclic) bond motifs is 1. The molecule has 0 aliphatic carbocycles. The lowest BCUT2D eigenvalue weighted by molar-refractivity contribution is -0.132. The first kappa shape index (κ1) is 19.3. The summed E-state index contributed by atoms with van der Waals surface area (Å²) in [6.07, 6.45) is 1.48. The van der Waals surface area contributed by atoms with E-state index in [0.29, 0.717) is 24.7 Å². The summed E-state index contributed by atoms with van der Waals surface area (Å²) in [5, 5.41) is 13.0. The number of ketones is 1. The molecule has 31 heavy (non-hydrogen) atoms. The van der Waals surface area contributed by atoms with Gasteiger partial charge in [-0.05, 0) is 24.3 Å². The van der Waals surface area contributed by atoms with Crippen LogP contribution in [-0.4, -0.2) is 35.0 Å². The largest absolute Gasteiger partial charge is 0.507 e. The van der Waals surface area contributed by atoms with Crippen LogP contribution in [-0.2, 0) is 9.59 Å². The molecular weight excluding hydrogens is 423 g/mol. The van der Waals surface area contributed by atoms with Gasteiger partial charge < -0.3 is 14.6 Å². The van der Waals surface area contributed by atoms with Crippen molar-refractivity contribution in [2.45, 2.75) is 6.04 Å². The van der Waals surface area contributed by atoms with Crippen molar-refractivity contribution in [3.8, 4) is 11.5 Å². The molecule has 1 amide bonds. The number of aliphatic hydroxyl groups excluding tert-OH is 1. The second-order valence-corrected chi connectivity index (χ2v) is 7.74. The second-order valence-electron chi connectivity index (χ2n) is 6.86. The number of carbonyl (C=O) groups excluding carboxylic acids is 2. The molecule has 0 spiro atoms. The minimum Gasteiger partial charge on any atom is -0.507 e. The number of rotatable bonds is 3. The van der Waals surface area contributed by atoms with Gasteiger partial charge in [0.15, 0.2) is 16.6 Å². The van der Waals surface area contributed by atoms with E-state index in [-0.39, 0.29) is 21.8 Å². The Morgan fingerprint density at radius 2 is 1.90 bits per heavy atom. The lowest BCUT2D eigenvalue weighted by atomic mass is 9.95. The number of anilines is 1. The summed E-state index contributed by atoms with van der Waals surface area (Å²) in [6.45, 7) is 0.755. The fraction of sp³-hybridized carbons (Fsp3) is 0.136. The van der Waals surface area contributed by atoms with Gasteiger partial charge in [0.05, 0.1) is 5.57 Å². The van der Waals surface area contributed by atoms with E-state index in [1.54, 1.807) is 23.6 Å². The van der Waals surface area contributed by atoms with Crippen molar-refractivity contribution < 1.29 is 28.6 Å². The molecule has 156 valence electrons. The standard InChI is InChI=1S/C22H15FN2O5S/c23-14-4-2-1-3-13(14)18-17(20(27)21(28)25(18)22-24-7-10-31-22)19(26)12-5-6-15-16(11-12)30-9-8-29-15/h1-7,10-11,18,26H,8-9H2/b19-17+/t18-/m0/s1. The summed E-state index contributed by atoms with van der Waals surface area (Å²) < 4.78 is 25.8. The Morgan fingerprint density at radius 3 is 2.65 bits per heavy atom. The van der Waals surface area contributed by atoms with Crippen LogP contribution in [0.5, 0.6) is 11.5 Å². The Labute approximate surface area is 180 Å². The fourth-order valence-corrected chi connectivity index (χ4v) is 4.37. The summed E-state index contributed by atoms with van der Waals surface area (Å²) in [7, 11) is 0. The van der Waals surface area contributed by atoms with Gasteiger partial charge in [0.2, 0.25) is 0 Å². The van der Waals surface area contributed by atoms with E-state index in [1.165, 1.54) is 30.5 Å². The average molecular weight is 438 g/mol. The van der Waals surface area contributed by atoms with Crippen LogP contribution in [0.4, 0.5) is 9.52 Å². The number of benzene rings is 2. The Kier molecular flexibility index (Phi) is 4.67. The highest BCUT2D eigenvalue weighted by Crippen LogP contribution is 2.44. The van der Waals surface area contributed by atoms with Gasteiger partial charge in [0.25, 0.3) is 5.78 Å². The van der Waals surface area contributed by atoms with Crippen molar-refractivity contribution in [1.29, 1.82) is 0 Å². The maximum absolute atomic E-state index is 14.8. The molecule has 2 aliphatic rings. The highest BCUT2D eigenvalue weighted by molar-refractivity contribution is 7.14.